The van der Waals surface area contributed by atoms with E-state index in [4.69, 9.17) is 11.6 Å². The van der Waals surface area contributed by atoms with Gasteiger partial charge in [0.1, 0.15) is 0 Å². The van der Waals surface area contributed by atoms with Crippen LogP contribution in [0.4, 0.5) is 0 Å². The highest BCUT2D eigenvalue weighted by Gasteiger charge is 2.35. The summed E-state index contributed by atoms with van der Waals surface area (Å²) in [4.78, 5) is 0.317. The molecule has 1 saturated heterocycles. The minimum atomic E-state index is -3.45. The number of benzene rings is 2. The molecule has 2 aromatic rings. The molecule has 5 heteroatoms. The van der Waals surface area contributed by atoms with Gasteiger partial charge in [-0.05, 0) is 49.1 Å². The van der Waals surface area contributed by atoms with Crippen molar-refractivity contribution in [1.29, 1.82) is 0 Å². The fourth-order valence-electron chi connectivity index (χ4n) is 2.96. The van der Waals surface area contributed by atoms with Crippen molar-refractivity contribution in [2.75, 3.05) is 6.54 Å². The van der Waals surface area contributed by atoms with Gasteiger partial charge in [0.2, 0.25) is 10.0 Å². The van der Waals surface area contributed by atoms with Crippen LogP contribution in [0.3, 0.4) is 0 Å². The van der Waals surface area contributed by atoms with Gasteiger partial charge in [0.05, 0.1) is 4.90 Å². The molecule has 0 N–H and O–H groups in total. The van der Waals surface area contributed by atoms with Crippen LogP contribution in [0.15, 0.2) is 59.5 Å². The number of hydrogen-bond acceptors (Lipinski definition) is 2. The van der Waals surface area contributed by atoms with Crippen molar-refractivity contribution in [3.63, 3.8) is 0 Å². The summed E-state index contributed by atoms with van der Waals surface area (Å²) < 4.78 is 27.3. The average molecular weight is 336 g/mol. The lowest BCUT2D eigenvalue weighted by molar-refractivity contribution is 0.385. The Kier molecular flexibility index (Phi) is 4.52. The van der Waals surface area contributed by atoms with Crippen molar-refractivity contribution in [1.82, 2.24) is 4.31 Å². The van der Waals surface area contributed by atoms with Crippen LogP contribution in [-0.2, 0) is 16.4 Å². The van der Waals surface area contributed by atoms with Gasteiger partial charge in [-0.3, -0.25) is 0 Å². The normalized spacial score (nSPS) is 19.4. The average Bonchev–Trinajstić information content (AvgIpc) is 2.98. The van der Waals surface area contributed by atoms with E-state index < -0.39 is 10.0 Å². The van der Waals surface area contributed by atoms with Crippen LogP contribution in [-0.4, -0.2) is 25.3 Å². The maximum atomic E-state index is 12.8. The number of rotatable bonds is 4. The molecule has 1 atom stereocenters. The fraction of sp³-hybridized carbons (Fsp3) is 0.294. The summed E-state index contributed by atoms with van der Waals surface area (Å²) in [5.74, 6) is 0. The molecule has 2 aromatic carbocycles. The zero-order valence-corrected chi connectivity index (χ0v) is 13.7. The van der Waals surface area contributed by atoms with E-state index in [2.05, 4.69) is 0 Å². The van der Waals surface area contributed by atoms with Crippen molar-refractivity contribution >= 4 is 21.6 Å². The lowest BCUT2D eigenvalue weighted by Gasteiger charge is -2.24. The van der Waals surface area contributed by atoms with Crippen molar-refractivity contribution in [3.05, 3.63) is 65.2 Å². The molecule has 1 fully saturated rings. The summed E-state index contributed by atoms with van der Waals surface area (Å²) >= 11 is 5.85. The molecule has 0 aliphatic carbocycles. The van der Waals surface area contributed by atoms with Gasteiger partial charge in [0, 0.05) is 17.6 Å². The van der Waals surface area contributed by atoms with Crippen LogP contribution in [0.5, 0.6) is 0 Å². The van der Waals surface area contributed by atoms with Crippen LogP contribution >= 0.6 is 11.6 Å². The minimum absolute atomic E-state index is 0.0306. The van der Waals surface area contributed by atoms with Gasteiger partial charge in [-0.25, -0.2) is 8.42 Å². The van der Waals surface area contributed by atoms with E-state index in [-0.39, 0.29) is 6.04 Å². The Balaban J connectivity index is 1.84. The van der Waals surface area contributed by atoms with Gasteiger partial charge in [0.25, 0.3) is 0 Å². The molecule has 0 aromatic heterocycles. The van der Waals surface area contributed by atoms with Crippen LogP contribution < -0.4 is 0 Å². The molecule has 0 spiro atoms. The molecule has 22 heavy (non-hydrogen) atoms. The molecule has 1 unspecified atom stereocenters. The molecule has 1 aliphatic rings. The molecule has 3 rings (SSSR count). The first-order chi connectivity index (χ1) is 10.6. The predicted molar refractivity (Wildman–Crippen MR) is 88.5 cm³/mol. The lowest BCUT2D eigenvalue weighted by atomic mass is 10.1. The molecule has 1 aliphatic heterocycles. The Morgan fingerprint density at radius 2 is 1.73 bits per heavy atom. The second-order valence-corrected chi connectivity index (χ2v) is 7.88. The largest absolute Gasteiger partial charge is 0.243 e. The molecule has 116 valence electrons. The van der Waals surface area contributed by atoms with Crippen molar-refractivity contribution in [2.24, 2.45) is 0 Å². The molecular weight excluding hydrogens is 318 g/mol. The summed E-state index contributed by atoms with van der Waals surface area (Å²) in [7, 11) is -3.45. The highest BCUT2D eigenvalue weighted by atomic mass is 35.5. The summed E-state index contributed by atoms with van der Waals surface area (Å²) in [6, 6.07) is 16.5. The van der Waals surface area contributed by atoms with Crippen molar-refractivity contribution in [2.45, 2.75) is 30.2 Å². The number of halogens is 1. The van der Waals surface area contributed by atoms with E-state index >= 15 is 0 Å². The first-order valence-corrected chi connectivity index (χ1v) is 9.20. The molecule has 0 saturated carbocycles. The Morgan fingerprint density at radius 1 is 1.05 bits per heavy atom. The van der Waals surface area contributed by atoms with Gasteiger partial charge in [-0.15, -0.1) is 0 Å². The van der Waals surface area contributed by atoms with Gasteiger partial charge in [-0.2, -0.15) is 4.31 Å². The second kappa shape index (κ2) is 6.41. The first-order valence-electron chi connectivity index (χ1n) is 7.39. The lowest BCUT2D eigenvalue weighted by Crippen LogP contribution is -2.36. The van der Waals surface area contributed by atoms with E-state index in [0.717, 1.165) is 19.3 Å². The topological polar surface area (TPSA) is 37.4 Å². The summed E-state index contributed by atoms with van der Waals surface area (Å²) in [6.07, 6.45) is 2.57. The van der Waals surface area contributed by atoms with Gasteiger partial charge in [0.15, 0.2) is 0 Å². The zero-order valence-electron chi connectivity index (χ0n) is 12.2. The van der Waals surface area contributed by atoms with Crippen molar-refractivity contribution in [3.8, 4) is 0 Å². The predicted octanol–water partition coefficient (Wildman–Crippen LogP) is 3.74. The maximum Gasteiger partial charge on any atom is 0.243 e. The summed E-state index contributed by atoms with van der Waals surface area (Å²) in [5.41, 5.74) is 1.17. The first kappa shape index (κ1) is 15.5. The summed E-state index contributed by atoms with van der Waals surface area (Å²) in [6.45, 7) is 0.586. The fourth-order valence-corrected chi connectivity index (χ4v) is 4.78. The third-order valence-corrected chi connectivity index (χ3v) is 6.28. The third-order valence-electron chi connectivity index (χ3n) is 4.06. The van der Waals surface area contributed by atoms with Crippen molar-refractivity contribution < 1.29 is 8.42 Å². The monoisotopic (exact) mass is 335 g/mol. The van der Waals surface area contributed by atoms with E-state index in [1.54, 1.807) is 28.6 Å². The molecule has 0 amide bonds. The smallest absolute Gasteiger partial charge is 0.207 e. The number of hydrogen-bond donors (Lipinski definition) is 0. The molecule has 0 bridgehead atoms. The second-order valence-electron chi connectivity index (χ2n) is 5.56. The van der Waals surface area contributed by atoms with Crippen LogP contribution in [0.1, 0.15) is 18.4 Å². The van der Waals surface area contributed by atoms with Crippen LogP contribution in [0, 0.1) is 0 Å². The third kappa shape index (κ3) is 3.19. The highest BCUT2D eigenvalue weighted by Crippen LogP contribution is 2.28. The molecule has 3 nitrogen and oxygen atoms in total. The maximum absolute atomic E-state index is 12.8. The zero-order chi connectivity index (χ0) is 15.6. The molecule has 0 radical (unpaired) electrons. The number of sulfonamides is 1. The van der Waals surface area contributed by atoms with Crippen LogP contribution in [0.25, 0.3) is 0 Å². The van der Waals surface area contributed by atoms with Gasteiger partial charge < -0.3 is 0 Å². The summed E-state index contributed by atoms with van der Waals surface area (Å²) in [5, 5.41) is 0.543. The Bertz CT molecular complexity index is 729. The molecular formula is C17H18ClNO2S. The SMILES string of the molecule is O=S(=O)(c1ccc(Cl)cc1)N1CCCC1Cc1ccccc1. The Labute approximate surface area is 136 Å². The van der Waals surface area contributed by atoms with Gasteiger partial charge >= 0.3 is 0 Å². The van der Waals surface area contributed by atoms with E-state index in [0.29, 0.717) is 16.5 Å². The quantitative estimate of drug-likeness (QED) is 0.853. The highest BCUT2D eigenvalue weighted by molar-refractivity contribution is 7.89. The Hall–Kier alpha value is -1.36. The number of nitrogens with zero attached hydrogens (tertiary/aromatic N) is 1. The van der Waals surface area contributed by atoms with E-state index in [1.165, 1.54) is 5.56 Å². The van der Waals surface area contributed by atoms with E-state index in [1.807, 2.05) is 30.3 Å². The van der Waals surface area contributed by atoms with E-state index in [9.17, 15) is 8.42 Å². The van der Waals surface area contributed by atoms with Crippen LogP contribution in [0.2, 0.25) is 5.02 Å². The standard InChI is InChI=1S/C17H18ClNO2S/c18-15-8-10-17(11-9-15)22(20,21)19-12-4-7-16(19)13-14-5-2-1-3-6-14/h1-3,5-6,8-11,16H,4,7,12-13H2. The van der Waals surface area contributed by atoms with Gasteiger partial charge in [-0.1, -0.05) is 41.9 Å². The minimum Gasteiger partial charge on any atom is -0.207 e. The Morgan fingerprint density at radius 3 is 2.41 bits per heavy atom. The molecule has 1 heterocycles.